The Morgan fingerprint density at radius 2 is 1.63 bits per heavy atom. The van der Waals surface area contributed by atoms with Crippen molar-refractivity contribution in [2.45, 2.75) is 31.7 Å². The lowest BCUT2D eigenvalue weighted by Gasteiger charge is -2.34. The Morgan fingerprint density at radius 1 is 0.914 bits per heavy atom. The van der Waals surface area contributed by atoms with Gasteiger partial charge in [-0.1, -0.05) is 0 Å². The van der Waals surface area contributed by atoms with Gasteiger partial charge in [-0.3, -0.25) is 4.98 Å². The summed E-state index contributed by atoms with van der Waals surface area (Å²) in [5, 5.41) is 5.62. The van der Waals surface area contributed by atoms with E-state index in [9.17, 15) is 4.79 Å². The van der Waals surface area contributed by atoms with Gasteiger partial charge in [-0.2, -0.15) is 9.97 Å². The molecule has 2 aliphatic heterocycles. The molecule has 2 saturated heterocycles. The third kappa shape index (κ3) is 5.72. The van der Waals surface area contributed by atoms with E-state index in [2.05, 4.69) is 27.4 Å². The lowest BCUT2D eigenvalue weighted by molar-refractivity contribution is 0.0834. The molecule has 2 amide bonds. The Kier molecular flexibility index (Phi) is 7.10. The zero-order chi connectivity index (χ0) is 24.0. The van der Waals surface area contributed by atoms with Gasteiger partial charge >= 0.3 is 6.03 Å². The van der Waals surface area contributed by atoms with Crippen molar-refractivity contribution in [3.8, 4) is 11.4 Å². The fraction of sp³-hybridized carbons (Fsp3) is 0.400. The standard InChI is InChI=1S/C25H29N7O3/c1-17-16-35-15-12-32(17)24-30-22(29-23(31-24)19-8-13-34-14-9-19)18-2-4-20(5-3-18)27-25(33)28-21-6-10-26-11-7-21/h2-7,10-11,17,19H,8-9,12-16H2,1H3,(H2,26,27,28,33). The number of rotatable bonds is 5. The van der Waals surface area contributed by atoms with Crippen LogP contribution in [0.1, 0.15) is 31.5 Å². The second-order valence-corrected chi connectivity index (χ2v) is 8.71. The summed E-state index contributed by atoms with van der Waals surface area (Å²) in [6.45, 7) is 5.60. The number of pyridine rings is 1. The lowest BCUT2D eigenvalue weighted by Crippen LogP contribution is -2.44. The highest BCUT2D eigenvalue weighted by Gasteiger charge is 2.26. The Bertz CT molecular complexity index is 1140. The molecule has 0 saturated carbocycles. The number of carbonyl (C=O) groups excluding carboxylic acids is 1. The van der Waals surface area contributed by atoms with Gasteiger partial charge in [0.05, 0.1) is 19.3 Å². The number of morpholine rings is 1. The fourth-order valence-corrected chi connectivity index (χ4v) is 4.23. The molecule has 3 aromatic rings. The van der Waals surface area contributed by atoms with Crippen LogP contribution in [0.4, 0.5) is 22.1 Å². The average molecular weight is 476 g/mol. The summed E-state index contributed by atoms with van der Waals surface area (Å²) in [4.78, 5) is 33.0. The molecule has 10 nitrogen and oxygen atoms in total. The first-order valence-corrected chi connectivity index (χ1v) is 11.9. The van der Waals surface area contributed by atoms with Crippen LogP contribution in [0, 0.1) is 0 Å². The Morgan fingerprint density at radius 3 is 2.34 bits per heavy atom. The van der Waals surface area contributed by atoms with E-state index < -0.39 is 0 Å². The second-order valence-electron chi connectivity index (χ2n) is 8.71. The minimum atomic E-state index is -0.325. The number of aromatic nitrogens is 4. The smallest absolute Gasteiger partial charge is 0.323 e. The summed E-state index contributed by atoms with van der Waals surface area (Å²) >= 11 is 0. The summed E-state index contributed by atoms with van der Waals surface area (Å²) in [7, 11) is 0. The van der Waals surface area contributed by atoms with Crippen LogP contribution in [0.15, 0.2) is 48.8 Å². The number of amides is 2. The number of anilines is 3. The Labute approximate surface area is 204 Å². The Hall–Kier alpha value is -3.63. The molecule has 35 heavy (non-hydrogen) atoms. The van der Waals surface area contributed by atoms with Gasteiger partial charge in [-0.05, 0) is 56.2 Å². The number of nitrogens with zero attached hydrogens (tertiary/aromatic N) is 5. The molecule has 2 fully saturated rings. The van der Waals surface area contributed by atoms with E-state index in [0.717, 1.165) is 44.0 Å². The van der Waals surface area contributed by atoms with Gasteiger partial charge in [0.15, 0.2) is 5.82 Å². The molecule has 0 radical (unpaired) electrons. The molecule has 1 unspecified atom stereocenters. The van der Waals surface area contributed by atoms with E-state index in [1.807, 2.05) is 24.3 Å². The highest BCUT2D eigenvalue weighted by atomic mass is 16.5. The quantitative estimate of drug-likeness (QED) is 0.574. The van der Waals surface area contributed by atoms with Gasteiger partial charge in [0.1, 0.15) is 5.82 Å². The third-order valence-electron chi connectivity index (χ3n) is 6.19. The van der Waals surface area contributed by atoms with Crippen molar-refractivity contribution < 1.29 is 14.3 Å². The SMILES string of the molecule is CC1COCCN1c1nc(-c2ccc(NC(=O)Nc3ccncc3)cc2)nc(C2CCOCC2)n1. The van der Waals surface area contributed by atoms with Crippen molar-refractivity contribution in [2.24, 2.45) is 0 Å². The van der Waals surface area contributed by atoms with Crippen LogP contribution < -0.4 is 15.5 Å². The highest BCUT2D eigenvalue weighted by Crippen LogP contribution is 2.29. The van der Waals surface area contributed by atoms with Crippen LogP contribution >= 0.6 is 0 Å². The van der Waals surface area contributed by atoms with Crippen LogP contribution in [0.2, 0.25) is 0 Å². The first-order valence-electron chi connectivity index (χ1n) is 11.9. The number of hydrogen-bond donors (Lipinski definition) is 2. The maximum atomic E-state index is 12.3. The van der Waals surface area contributed by atoms with Crippen LogP contribution in [0.5, 0.6) is 0 Å². The molecule has 2 aromatic heterocycles. The number of urea groups is 1. The summed E-state index contributed by atoms with van der Waals surface area (Å²) in [5.41, 5.74) is 2.20. The summed E-state index contributed by atoms with van der Waals surface area (Å²) < 4.78 is 11.1. The predicted molar refractivity (Wildman–Crippen MR) is 133 cm³/mol. The zero-order valence-corrected chi connectivity index (χ0v) is 19.7. The highest BCUT2D eigenvalue weighted by molar-refractivity contribution is 5.99. The molecular formula is C25H29N7O3. The molecule has 2 N–H and O–H groups in total. The molecule has 4 heterocycles. The number of benzene rings is 1. The van der Waals surface area contributed by atoms with E-state index in [-0.39, 0.29) is 18.0 Å². The number of ether oxygens (including phenoxy) is 2. The van der Waals surface area contributed by atoms with Crippen molar-refractivity contribution in [3.05, 3.63) is 54.6 Å². The normalized spacial score (nSPS) is 18.8. The van der Waals surface area contributed by atoms with Gasteiger partial charge < -0.3 is 25.0 Å². The van der Waals surface area contributed by atoms with Gasteiger partial charge in [0.2, 0.25) is 5.95 Å². The van der Waals surface area contributed by atoms with Crippen molar-refractivity contribution in [2.75, 3.05) is 48.5 Å². The monoisotopic (exact) mass is 475 g/mol. The molecule has 10 heteroatoms. The van der Waals surface area contributed by atoms with E-state index in [0.29, 0.717) is 36.4 Å². The van der Waals surface area contributed by atoms with Crippen LogP contribution in [0.25, 0.3) is 11.4 Å². The van der Waals surface area contributed by atoms with Gasteiger partial charge in [-0.25, -0.2) is 9.78 Å². The average Bonchev–Trinajstić information content (AvgIpc) is 2.90. The molecule has 1 aromatic carbocycles. The van der Waals surface area contributed by atoms with E-state index >= 15 is 0 Å². The molecule has 0 bridgehead atoms. The largest absolute Gasteiger partial charge is 0.381 e. The predicted octanol–water partition coefficient (Wildman–Crippen LogP) is 3.70. The summed E-state index contributed by atoms with van der Waals surface area (Å²) in [5.74, 6) is 2.37. The first kappa shape index (κ1) is 23.1. The number of hydrogen-bond acceptors (Lipinski definition) is 8. The minimum Gasteiger partial charge on any atom is -0.381 e. The van der Waals surface area contributed by atoms with Gasteiger partial charge in [-0.15, -0.1) is 0 Å². The maximum absolute atomic E-state index is 12.3. The van der Waals surface area contributed by atoms with E-state index in [4.69, 9.17) is 24.4 Å². The van der Waals surface area contributed by atoms with Gasteiger partial charge in [0.25, 0.3) is 0 Å². The van der Waals surface area contributed by atoms with Crippen molar-refractivity contribution in [3.63, 3.8) is 0 Å². The number of carbonyl (C=O) groups is 1. The van der Waals surface area contributed by atoms with Crippen LogP contribution in [-0.2, 0) is 9.47 Å². The lowest BCUT2D eigenvalue weighted by atomic mass is 9.99. The summed E-state index contributed by atoms with van der Waals surface area (Å²) in [6, 6.07) is 10.8. The van der Waals surface area contributed by atoms with Crippen molar-refractivity contribution in [1.29, 1.82) is 0 Å². The van der Waals surface area contributed by atoms with Gasteiger partial charge in [0, 0.05) is 55.0 Å². The molecule has 5 rings (SSSR count). The topological polar surface area (TPSA) is 114 Å². The first-order chi connectivity index (χ1) is 17.2. The fourth-order valence-electron chi connectivity index (χ4n) is 4.23. The van der Waals surface area contributed by atoms with Crippen LogP contribution in [-0.4, -0.2) is 65.0 Å². The molecule has 1 atom stereocenters. The second kappa shape index (κ2) is 10.7. The third-order valence-corrected chi connectivity index (χ3v) is 6.19. The number of nitrogens with one attached hydrogen (secondary N) is 2. The Balaban J connectivity index is 1.37. The minimum absolute atomic E-state index is 0.187. The molecule has 0 spiro atoms. The van der Waals surface area contributed by atoms with Crippen molar-refractivity contribution in [1.82, 2.24) is 19.9 Å². The molecule has 0 aliphatic carbocycles. The maximum Gasteiger partial charge on any atom is 0.323 e. The summed E-state index contributed by atoms with van der Waals surface area (Å²) in [6.07, 6.45) is 5.05. The van der Waals surface area contributed by atoms with Crippen LogP contribution in [0.3, 0.4) is 0 Å². The molecule has 182 valence electrons. The molecule has 2 aliphatic rings. The molecular weight excluding hydrogens is 446 g/mol. The zero-order valence-electron chi connectivity index (χ0n) is 19.7. The van der Waals surface area contributed by atoms with Crippen molar-refractivity contribution >= 4 is 23.4 Å². The van der Waals surface area contributed by atoms with E-state index in [1.165, 1.54) is 0 Å². The van der Waals surface area contributed by atoms with E-state index in [1.54, 1.807) is 24.5 Å².